The zero-order valence-electron chi connectivity index (χ0n) is 11.4. The summed E-state index contributed by atoms with van der Waals surface area (Å²) in [5, 5.41) is 2.45. The molecule has 1 amide bonds. The first kappa shape index (κ1) is 14.9. The van der Waals surface area contributed by atoms with E-state index in [9.17, 15) is 18.4 Å². The van der Waals surface area contributed by atoms with Crippen molar-refractivity contribution in [3.8, 4) is 0 Å². The van der Waals surface area contributed by atoms with E-state index in [2.05, 4.69) is 5.32 Å². The van der Waals surface area contributed by atoms with Crippen molar-refractivity contribution in [3.05, 3.63) is 64.1 Å². The van der Waals surface area contributed by atoms with Gasteiger partial charge in [0.2, 0.25) is 0 Å². The van der Waals surface area contributed by atoms with Gasteiger partial charge >= 0.3 is 0 Å². The standard InChI is InChI=1S/C15H14F2N2O2/c1-2-8-19-9-10(6-7-13(19)20)18-15(21)11-4-3-5-12(16)14(11)17/h3-7,9H,2,8H2,1H3,(H,18,21). The molecule has 0 unspecified atom stereocenters. The van der Waals surface area contributed by atoms with Crippen LogP contribution < -0.4 is 10.9 Å². The van der Waals surface area contributed by atoms with Crippen molar-refractivity contribution in [1.82, 2.24) is 4.57 Å². The van der Waals surface area contributed by atoms with Crippen molar-refractivity contribution >= 4 is 11.6 Å². The van der Waals surface area contributed by atoms with Gasteiger partial charge in [-0.15, -0.1) is 0 Å². The molecular weight excluding hydrogens is 278 g/mol. The molecule has 0 radical (unpaired) electrons. The number of amides is 1. The number of aromatic nitrogens is 1. The minimum atomic E-state index is -1.20. The van der Waals surface area contributed by atoms with Crippen LogP contribution in [0.15, 0.2) is 41.3 Å². The molecule has 0 saturated heterocycles. The SMILES string of the molecule is CCCn1cc(NC(=O)c2cccc(F)c2F)ccc1=O. The maximum absolute atomic E-state index is 13.5. The second-order valence-corrected chi connectivity index (χ2v) is 4.50. The molecule has 0 atom stereocenters. The fourth-order valence-electron chi connectivity index (χ4n) is 1.90. The number of rotatable bonds is 4. The van der Waals surface area contributed by atoms with E-state index >= 15 is 0 Å². The van der Waals surface area contributed by atoms with Gasteiger partial charge in [0, 0.05) is 18.8 Å². The number of halogens is 2. The summed E-state index contributed by atoms with van der Waals surface area (Å²) in [5.74, 6) is -3.05. The lowest BCUT2D eigenvalue weighted by Crippen LogP contribution is -2.21. The van der Waals surface area contributed by atoms with E-state index in [1.807, 2.05) is 6.92 Å². The molecule has 1 N–H and O–H groups in total. The largest absolute Gasteiger partial charge is 0.321 e. The van der Waals surface area contributed by atoms with Crippen LogP contribution in [0.5, 0.6) is 0 Å². The van der Waals surface area contributed by atoms with Crippen LogP contribution in [-0.4, -0.2) is 10.5 Å². The molecule has 110 valence electrons. The van der Waals surface area contributed by atoms with E-state index in [-0.39, 0.29) is 11.1 Å². The number of aryl methyl sites for hydroxylation is 1. The Morgan fingerprint density at radius 2 is 2.00 bits per heavy atom. The molecule has 0 fully saturated rings. The Bertz CT molecular complexity index is 726. The molecule has 0 saturated carbocycles. The third-order valence-corrected chi connectivity index (χ3v) is 2.90. The number of hydrogen-bond acceptors (Lipinski definition) is 2. The van der Waals surface area contributed by atoms with E-state index in [0.717, 1.165) is 12.5 Å². The monoisotopic (exact) mass is 292 g/mol. The summed E-state index contributed by atoms with van der Waals surface area (Å²) in [6.45, 7) is 2.43. The molecule has 21 heavy (non-hydrogen) atoms. The van der Waals surface area contributed by atoms with E-state index in [1.165, 1.54) is 35.0 Å². The molecule has 1 aromatic heterocycles. The fraction of sp³-hybridized carbons (Fsp3) is 0.200. The predicted octanol–water partition coefficient (Wildman–Crippen LogP) is 2.79. The molecule has 0 aliphatic rings. The van der Waals surface area contributed by atoms with Gasteiger partial charge in [-0.2, -0.15) is 0 Å². The van der Waals surface area contributed by atoms with Gasteiger partial charge in [-0.1, -0.05) is 13.0 Å². The van der Waals surface area contributed by atoms with Crippen LogP contribution >= 0.6 is 0 Å². The van der Waals surface area contributed by atoms with Crippen LogP contribution in [0.2, 0.25) is 0 Å². The summed E-state index contributed by atoms with van der Waals surface area (Å²) < 4.78 is 28.1. The first-order valence-corrected chi connectivity index (χ1v) is 6.48. The highest BCUT2D eigenvalue weighted by molar-refractivity contribution is 6.04. The van der Waals surface area contributed by atoms with Crippen LogP contribution in [0, 0.1) is 11.6 Å². The number of nitrogens with zero attached hydrogens (tertiary/aromatic N) is 1. The van der Waals surface area contributed by atoms with Crippen molar-refractivity contribution in [2.24, 2.45) is 0 Å². The number of benzene rings is 1. The Balaban J connectivity index is 2.25. The van der Waals surface area contributed by atoms with Crippen molar-refractivity contribution in [2.45, 2.75) is 19.9 Å². The van der Waals surface area contributed by atoms with Gasteiger partial charge in [0.15, 0.2) is 11.6 Å². The minimum Gasteiger partial charge on any atom is -0.321 e. The second kappa shape index (κ2) is 6.30. The number of carbonyl (C=O) groups excluding carboxylic acids is 1. The molecule has 6 heteroatoms. The van der Waals surface area contributed by atoms with Crippen LogP contribution in [-0.2, 0) is 6.54 Å². The van der Waals surface area contributed by atoms with Crippen LogP contribution in [0.1, 0.15) is 23.7 Å². The normalized spacial score (nSPS) is 10.4. The van der Waals surface area contributed by atoms with Gasteiger partial charge in [-0.3, -0.25) is 9.59 Å². The molecule has 0 aliphatic carbocycles. The Morgan fingerprint density at radius 1 is 1.24 bits per heavy atom. The van der Waals surface area contributed by atoms with Gasteiger partial charge in [0.05, 0.1) is 11.3 Å². The summed E-state index contributed by atoms with van der Waals surface area (Å²) in [6, 6.07) is 6.12. The first-order valence-electron chi connectivity index (χ1n) is 6.48. The summed E-state index contributed by atoms with van der Waals surface area (Å²) >= 11 is 0. The van der Waals surface area contributed by atoms with Gasteiger partial charge in [-0.05, 0) is 24.6 Å². The average Bonchev–Trinajstić information content (AvgIpc) is 2.45. The number of nitrogens with one attached hydrogen (secondary N) is 1. The molecular formula is C15H14F2N2O2. The van der Waals surface area contributed by atoms with Gasteiger partial charge in [-0.25, -0.2) is 8.78 Å². The van der Waals surface area contributed by atoms with Crippen molar-refractivity contribution in [3.63, 3.8) is 0 Å². The topological polar surface area (TPSA) is 51.1 Å². The highest BCUT2D eigenvalue weighted by atomic mass is 19.2. The van der Waals surface area contributed by atoms with Crippen LogP contribution in [0.4, 0.5) is 14.5 Å². The van der Waals surface area contributed by atoms with Crippen LogP contribution in [0.25, 0.3) is 0 Å². The zero-order valence-corrected chi connectivity index (χ0v) is 11.4. The number of pyridine rings is 1. The molecule has 2 rings (SSSR count). The Hall–Kier alpha value is -2.50. The highest BCUT2D eigenvalue weighted by Crippen LogP contribution is 2.13. The van der Waals surface area contributed by atoms with Gasteiger partial charge in [0.25, 0.3) is 11.5 Å². The van der Waals surface area contributed by atoms with E-state index in [1.54, 1.807) is 0 Å². The lowest BCUT2D eigenvalue weighted by atomic mass is 10.2. The first-order chi connectivity index (χ1) is 10.0. The Kier molecular flexibility index (Phi) is 4.47. The molecule has 2 aromatic rings. The third-order valence-electron chi connectivity index (χ3n) is 2.90. The molecule has 0 spiro atoms. The molecule has 1 heterocycles. The summed E-state index contributed by atoms with van der Waals surface area (Å²) in [7, 11) is 0. The summed E-state index contributed by atoms with van der Waals surface area (Å²) in [5.41, 5.74) is -0.230. The Labute approximate surface area is 120 Å². The van der Waals surface area contributed by atoms with Gasteiger partial charge < -0.3 is 9.88 Å². The quantitative estimate of drug-likeness (QED) is 0.942. The predicted molar refractivity (Wildman–Crippen MR) is 75.3 cm³/mol. The van der Waals surface area contributed by atoms with Crippen molar-refractivity contribution < 1.29 is 13.6 Å². The second-order valence-electron chi connectivity index (χ2n) is 4.50. The van der Waals surface area contributed by atoms with E-state index < -0.39 is 17.5 Å². The maximum Gasteiger partial charge on any atom is 0.258 e. The number of hydrogen-bond donors (Lipinski definition) is 1. The van der Waals surface area contributed by atoms with E-state index in [4.69, 9.17) is 0 Å². The lowest BCUT2D eigenvalue weighted by Gasteiger charge is -2.09. The molecule has 4 nitrogen and oxygen atoms in total. The van der Waals surface area contributed by atoms with Gasteiger partial charge in [0.1, 0.15) is 0 Å². The molecule has 1 aromatic carbocycles. The number of anilines is 1. The van der Waals surface area contributed by atoms with Crippen LogP contribution in [0.3, 0.4) is 0 Å². The smallest absolute Gasteiger partial charge is 0.258 e. The minimum absolute atomic E-state index is 0.188. The summed E-state index contributed by atoms with van der Waals surface area (Å²) in [6.07, 6.45) is 2.23. The van der Waals surface area contributed by atoms with Crippen molar-refractivity contribution in [1.29, 1.82) is 0 Å². The maximum atomic E-state index is 13.5. The van der Waals surface area contributed by atoms with E-state index in [0.29, 0.717) is 12.2 Å². The van der Waals surface area contributed by atoms with Crippen molar-refractivity contribution in [2.75, 3.05) is 5.32 Å². The fourth-order valence-corrected chi connectivity index (χ4v) is 1.90. The molecule has 0 aliphatic heterocycles. The third kappa shape index (κ3) is 3.34. The highest BCUT2D eigenvalue weighted by Gasteiger charge is 2.15. The molecule has 0 bridgehead atoms. The zero-order chi connectivity index (χ0) is 15.4. The lowest BCUT2D eigenvalue weighted by molar-refractivity contribution is 0.102. The average molecular weight is 292 g/mol. The number of carbonyl (C=O) groups is 1. The summed E-state index contributed by atoms with van der Waals surface area (Å²) in [4.78, 5) is 23.5. The Morgan fingerprint density at radius 3 is 2.71 bits per heavy atom.